The molecule has 2 amide bonds. The zero-order chi connectivity index (χ0) is 26.7. The molecule has 1 atom stereocenters. The van der Waals surface area contributed by atoms with Gasteiger partial charge in [-0.05, 0) is 25.5 Å². The molecule has 7 heteroatoms. The molecule has 1 heterocycles. The summed E-state index contributed by atoms with van der Waals surface area (Å²) in [5.74, 6) is -0.726. The number of anilines is 1. The van der Waals surface area contributed by atoms with E-state index in [1.54, 1.807) is 31.2 Å². The molecule has 0 spiro atoms. The topological polar surface area (TPSA) is 94.1 Å². The van der Waals surface area contributed by atoms with E-state index in [0.29, 0.717) is 17.7 Å². The van der Waals surface area contributed by atoms with Gasteiger partial charge in [-0.15, -0.1) is 0 Å². The first-order valence-electron chi connectivity index (χ1n) is 14.4. The minimum absolute atomic E-state index is 0.0467. The van der Waals surface area contributed by atoms with Crippen molar-refractivity contribution in [2.45, 2.75) is 123 Å². The second kappa shape index (κ2) is 18.5. The Hall–Kier alpha value is -2.70. The van der Waals surface area contributed by atoms with Crippen LogP contribution in [0.4, 0.5) is 10.5 Å². The van der Waals surface area contributed by atoms with E-state index in [4.69, 9.17) is 9.47 Å². The molecule has 1 aromatic rings. The molecule has 0 aromatic heterocycles. The van der Waals surface area contributed by atoms with Gasteiger partial charge in [0.1, 0.15) is 0 Å². The smallest absolute Gasteiger partial charge is 0.435 e. The minimum atomic E-state index is -0.932. The molecule has 0 radical (unpaired) electrons. The van der Waals surface area contributed by atoms with Gasteiger partial charge in [-0.25, -0.2) is 9.59 Å². The van der Waals surface area contributed by atoms with Crippen molar-refractivity contribution < 1.29 is 23.9 Å². The van der Waals surface area contributed by atoms with Crippen LogP contribution < -0.4 is 5.32 Å². The summed E-state index contributed by atoms with van der Waals surface area (Å²) < 4.78 is 10.2. The summed E-state index contributed by atoms with van der Waals surface area (Å²) in [5.41, 5.74) is 1.07. The van der Waals surface area contributed by atoms with Crippen LogP contribution in [0.2, 0.25) is 0 Å². The van der Waals surface area contributed by atoms with E-state index in [9.17, 15) is 14.4 Å². The van der Waals surface area contributed by atoms with Gasteiger partial charge in [0.2, 0.25) is 5.91 Å². The summed E-state index contributed by atoms with van der Waals surface area (Å²) in [6.07, 6.45) is 18.1. The predicted molar refractivity (Wildman–Crippen MR) is 148 cm³/mol. The number of carbonyl (C=O) groups excluding carboxylic acids is 3. The summed E-state index contributed by atoms with van der Waals surface area (Å²) in [6, 6.07) is 6.93. The molecule has 2 rings (SSSR count). The number of hydrogen-bond acceptors (Lipinski definition) is 5. The van der Waals surface area contributed by atoms with Crippen LogP contribution in [-0.2, 0) is 19.1 Å². The van der Waals surface area contributed by atoms with Crippen molar-refractivity contribution in [3.05, 3.63) is 29.8 Å². The Morgan fingerprint density at radius 2 is 1.43 bits per heavy atom. The van der Waals surface area contributed by atoms with Crippen LogP contribution >= 0.6 is 0 Å². The molecule has 1 aliphatic heterocycles. The van der Waals surface area contributed by atoms with Gasteiger partial charge in [0, 0.05) is 17.7 Å². The SMILES string of the molecule is CCCCCCCCCCCCCCCCCC(=O)Nc1cccc(C2OC(=O)N=C2C(=O)OCC)c1. The van der Waals surface area contributed by atoms with Crippen molar-refractivity contribution in [2.24, 2.45) is 4.99 Å². The van der Waals surface area contributed by atoms with Crippen LogP contribution in [0, 0.1) is 0 Å². The molecule has 7 nitrogen and oxygen atoms in total. The van der Waals surface area contributed by atoms with Gasteiger partial charge in [0.15, 0.2) is 11.8 Å². The lowest BCUT2D eigenvalue weighted by Gasteiger charge is -2.13. The van der Waals surface area contributed by atoms with Crippen LogP contribution in [0.25, 0.3) is 0 Å². The maximum Gasteiger partial charge on any atom is 0.435 e. The second-order valence-electron chi connectivity index (χ2n) is 9.85. The van der Waals surface area contributed by atoms with Crippen molar-refractivity contribution in [3.63, 3.8) is 0 Å². The fraction of sp³-hybridized carbons (Fsp3) is 0.667. The largest absolute Gasteiger partial charge is 0.461 e. The first kappa shape index (κ1) is 30.5. The first-order chi connectivity index (χ1) is 18.0. The number of unbranched alkanes of at least 4 members (excludes halogenated alkanes) is 14. The molecular formula is C30H46N2O5. The number of hydrogen-bond donors (Lipinski definition) is 1. The number of benzene rings is 1. The monoisotopic (exact) mass is 514 g/mol. The van der Waals surface area contributed by atoms with Crippen molar-refractivity contribution in [1.29, 1.82) is 0 Å². The van der Waals surface area contributed by atoms with E-state index >= 15 is 0 Å². The molecule has 0 fully saturated rings. The van der Waals surface area contributed by atoms with Gasteiger partial charge < -0.3 is 14.8 Å². The average molecular weight is 515 g/mol. The van der Waals surface area contributed by atoms with Crippen LogP contribution in [0.1, 0.15) is 128 Å². The number of esters is 1. The highest BCUT2D eigenvalue weighted by atomic mass is 16.6. The summed E-state index contributed by atoms with van der Waals surface area (Å²) in [6.45, 7) is 4.12. The Morgan fingerprint density at radius 1 is 0.865 bits per heavy atom. The Balaban J connectivity index is 1.56. The van der Waals surface area contributed by atoms with Crippen LogP contribution in [-0.4, -0.2) is 30.3 Å². The van der Waals surface area contributed by atoms with Gasteiger partial charge in [0.25, 0.3) is 0 Å². The third-order valence-electron chi connectivity index (χ3n) is 6.64. The summed E-state index contributed by atoms with van der Waals surface area (Å²) >= 11 is 0. The van der Waals surface area contributed by atoms with E-state index in [0.717, 1.165) is 12.8 Å². The first-order valence-corrected chi connectivity index (χ1v) is 14.4. The molecule has 37 heavy (non-hydrogen) atoms. The van der Waals surface area contributed by atoms with Gasteiger partial charge in [-0.3, -0.25) is 4.79 Å². The average Bonchev–Trinajstić information content (AvgIpc) is 3.28. The number of nitrogens with zero attached hydrogens (tertiary/aromatic N) is 1. The number of cyclic esters (lactones) is 1. The maximum atomic E-state index is 12.4. The lowest BCUT2D eigenvalue weighted by Crippen LogP contribution is -2.22. The molecule has 0 bridgehead atoms. The fourth-order valence-electron chi connectivity index (χ4n) is 4.58. The molecule has 206 valence electrons. The maximum absolute atomic E-state index is 12.4. The van der Waals surface area contributed by atoms with Gasteiger partial charge in [0.05, 0.1) is 6.61 Å². The molecule has 1 N–H and O–H groups in total. The molecule has 0 aliphatic carbocycles. The zero-order valence-electron chi connectivity index (χ0n) is 22.9. The number of nitrogens with one attached hydrogen (secondary N) is 1. The van der Waals surface area contributed by atoms with Crippen LogP contribution in [0.15, 0.2) is 29.3 Å². The second-order valence-corrected chi connectivity index (χ2v) is 9.85. The third kappa shape index (κ3) is 12.4. The quantitative estimate of drug-likeness (QED) is 0.140. The van der Waals surface area contributed by atoms with E-state index in [1.807, 2.05) is 0 Å². The molecule has 0 saturated carbocycles. The predicted octanol–water partition coefficient (Wildman–Crippen LogP) is 8.08. The third-order valence-corrected chi connectivity index (χ3v) is 6.64. The summed E-state index contributed by atoms with van der Waals surface area (Å²) in [5, 5.41) is 2.90. The Kier molecular flexibility index (Phi) is 15.3. The number of aliphatic imine (C=N–C) groups is 1. The highest BCUT2D eigenvalue weighted by Crippen LogP contribution is 2.28. The molecule has 1 unspecified atom stereocenters. The number of carbonyl (C=O) groups is 3. The molecule has 1 aromatic carbocycles. The normalized spacial score (nSPS) is 14.8. The number of rotatable bonds is 20. The van der Waals surface area contributed by atoms with E-state index in [1.165, 1.54) is 83.5 Å². The Bertz CT molecular complexity index is 867. The van der Waals surface area contributed by atoms with Gasteiger partial charge in [-0.2, -0.15) is 4.99 Å². The van der Waals surface area contributed by atoms with Crippen molar-refractivity contribution in [3.8, 4) is 0 Å². The lowest BCUT2D eigenvalue weighted by molar-refractivity contribution is -0.135. The van der Waals surface area contributed by atoms with E-state index < -0.39 is 18.2 Å². The number of amides is 2. The van der Waals surface area contributed by atoms with Gasteiger partial charge >= 0.3 is 12.1 Å². The van der Waals surface area contributed by atoms with Crippen molar-refractivity contribution >= 4 is 29.4 Å². The van der Waals surface area contributed by atoms with Crippen molar-refractivity contribution in [1.82, 2.24) is 0 Å². The van der Waals surface area contributed by atoms with Crippen LogP contribution in [0.5, 0.6) is 0 Å². The lowest BCUT2D eigenvalue weighted by atomic mass is 10.0. The molecule has 0 saturated heterocycles. The van der Waals surface area contributed by atoms with Gasteiger partial charge in [-0.1, -0.05) is 109 Å². The van der Waals surface area contributed by atoms with E-state index in [-0.39, 0.29) is 18.2 Å². The summed E-state index contributed by atoms with van der Waals surface area (Å²) in [4.78, 5) is 39.8. The molecular weight excluding hydrogens is 468 g/mol. The Morgan fingerprint density at radius 3 is 2.00 bits per heavy atom. The Labute approximate surface area is 222 Å². The summed E-state index contributed by atoms with van der Waals surface area (Å²) in [7, 11) is 0. The van der Waals surface area contributed by atoms with Crippen LogP contribution in [0.3, 0.4) is 0 Å². The number of ether oxygens (including phenoxy) is 2. The highest BCUT2D eigenvalue weighted by molar-refractivity contribution is 6.41. The van der Waals surface area contributed by atoms with Crippen molar-refractivity contribution in [2.75, 3.05) is 11.9 Å². The fourth-order valence-corrected chi connectivity index (χ4v) is 4.58. The zero-order valence-corrected chi connectivity index (χ0v) is 22.9. The molecule has 1 aliphatic rings. The highest BCUT2D eigenvalue weighted by Gasteiger charge is 2.35. The standard InChI is InChI=1S/C30H46N2O5/c1-3-5-6-7-8-9-10-11-12-13-14-15-16-17-18-22-26(33)31-25-21-19-20-24(23-25)28-27(29(34)36-4-2)32-30(35)37-28/h19-21,23,28H,3-18,22H2,1-2H3,(H,31,33). The van der Waals surface area contributed by atoms with E-state index in [2.05, 4.69) is 17.2 Å². The minimum Gasteiger partial charge on any atom is -0.461 e.